The summed E-state index contributed by atoms with van der Waals surface area (Å²) in [7, 11) is 0. The summed E-state index contributed by atoms with van der Waals surface area (Å²) >= 11 is 0. The number of hydrogen-bond acceptors (Lipinski definition) is 3. The Hall–Kier alpha value is -1.55. The SMILES string of the molecule is CCc1ccc(O)c(C2CC(C(=O)O)CN2)c1. The van der Waals surface area contributed by atoms with Crippen molar-refractivity contribution in [3.63, 3.8) is 0 Å². The highest BCUT2D eigenvalue weighted by Crippen LogP contribution is 2.33. The number of carboxylic acid groups (broad SMARTS) is 1. The maximum atomic E-state index is 10.9. The van der Waals surface area contributed by atoms with Gasteiger partial charge in [-0.15, -0.1) is 0 Å². The number of aryl methyl sites for hydroxylation is 1. The number of phenolic OH excluding ortho intramolecular Hbond substituents is 1. The summed E-state index contributed by atoms with van der Waals surface area (Å²) in [4.78, 5) is 10.9. The molecule has 2 atom stereocenters. The maximum Gasteiger partial charge on any atom is 0.307 e. The van der Waals surface area contributed by atoms with Crippen LogP contribution in [0.4, 0.5) is 0 Å². The van der Waals surface area contributed by atoms with Gasteiger partial charge in [-0.05, 0) is 24.5 Å². The maximum absolute atomic E-state index is 10.9. The van der Waals surface area contributed by atoms with Gasteiger partial charge in [-0.2, -0.15) is 0 Å². The van der Waals surface area contributed by atoms with Gasteiger partial charge in [0.05, 0.1) is 5.92 Å². The Morgan fingerprint density at radius 1 is 1.53 bits per heavy atom. The second-order valence-electron chi connectivity index (χ2n) is 4.48. The van der Waals surface area contributed by atoms with E-state index in [0.717, 1.165) is 17.5 Å². The lowest BCUT2D eigenvalue weighted by Gasteiger charge is -2.13. The summed E-state index contributed by atoms with van der Waals surface area (Å²) in [5.41, 5.74) is 1.96. The molecule has 0 bridgehead atoms. The van der Waals surface area contributed by atoms with Crippen molar-refractivity contribution in [3.8, 4) is 5.75 Å². The van der Waals surface area contributed by atoms with Crippen LogP contribution in [0.1, 0.15) is 30.5 Å². The summed E-state index contributed by atoms with van der Waals surface area (Å²) < 4.78 is 0. The van der Waals surface area contributed by atoms with Crippen molar-refractivity contribution < 1.29 is 15.0 Å². The minimum Gasteiger partial charge on any atom is -0.508 e. The molecular weight excluding hydrogens is 218 g/mol. The minimum absolute atomic E-state index is 0.0531. The molecule has 4 nitrogen and oxygen atoms in total. The van der Waals surface area contributed by atoms with E-state index in [1.165, 1.54) is 0 Å². The van der Waals surface area contributed by atoms with Crippen LogP contribution in [0.2, 0.25) is 0 Å². The molecule has 2 rings (SSSR count). The summed E-state index contributed by atoms with van der Waals surface area (Å²) in [6.07, 6.45) is 1.44. The molecule has 92 valence electrons. The average molecular weight is 235 g/mol. The van der Waals surface area contributed by atoms with Crippen molar-refractivity contribution in [2.75, 3.05) is 6.54 Å². The fourth-order valence-corrected chi connectivity index (χ4v) is 2.26. The Morgan fingerprint density at radius 3 is 2.88 bits per heavy atom. The van der Waals surface area contributed by atoms with Crippen LogP contribution in [-0.4, -0.2) is 22.7 Å². The minimum atomic E-state index is -0.772. The molecule has 3 N–H and O–H groups in total. The Bertz CT molecular complexity index is 431. The van der Waals surface area contributed by atoms with Crippen LogP contribution >= 0.6 is 0 Å². The average Bonchev–Trinajstić information content (AvgIpc) is 2.79. The van der Waals surface area contributed by atoms with Gasteiger partial charge in [0.2, 0.25) is 0 Å². The zero-order valence-electron chi connectivity index (χ0n) is 9.81. The molecule has 1 aromatic rings. The van der Waals surface area contributed by atoms with Crippen LogP contribution in [0.3, 0.4) is 0 Å². The number of aromatic hydroxyl groups is 1. The first-order valence-corrected chi connectivity index (χ1v) is 5.89. The molecule has 0 amide bonds. The Balaban J connectivity index is 2.20. The second kappa shape index (κ2) is 4.75. The Labute approximate surface area is 100 Å². The topological polar surface area (TPSA) is 69.6 Å². The molecule has 0 aliphatic carbocycles. The molecular formula is C13H17NO3. The zero-order valence-corrected chi connectivity index (χ0v) is 9.81. The fourth-order valence-electron chi connectivity index (χ4n) is 2.26. The number of carboxylic acids is 1. The Morgan fingerprint density at radius 2 is 2.29 bits per heavy atom. The van der Waals surface area contributed by atoms with E-state index in [0.29, 0.717) is 13.0 Å². The number of aliphatic carboxylic acids is 1. The van der Waals surface area contributed by atoms with Crippen LogP contribution in [0, 0.1) is 5.92 Å². The van der Waals surface area contributed by atoms with E-state index in [4.69, 9.17) is 5.11 Å². The van der Waals surface area contributed by atoms with Crippen LogP contribution in [-0.2, 0) is 11.2 Å². The van der Waals surface area contributed by atoms with E-state index in [9.17, 15) is 9.90 Å². The highest BCUT2D eigenvalue weighted by atomic mass is 16.4. The second-order valence-corrected chi connectivity index (χ2v) is 4.48. The van der Waals surface area contributed by atoms with Crippen LogP contribution in [0.25, 0.3) is 0 Å². The highest BCUT2D eigenvalue weighted by molar-refractivity contribution is 5.71. The van der Waals surface area contributed by atoms with Gasteiger partial charge in [-0.3, -0.25) is 4.79 Å². The first kappa shape index (κ1) is 11.9. The molecule has 17 heavy (non-hydrogen) atoms. The number of phenols is 1. The van der Waals surface area contributed by atoms with Gasteiger partial charge in [0.25, 0.3) is 0 Å². The largest absolute Gasteiger partial charge is 0.508 e. The normalized spacial score (nSPS) is 23.8. The lowest BCUT2D eigenvalue weighted by atomic mass is 9.97. The predicted molar refractivity (Wildman–Crippen MR) is 64.0 cm³/mol. The summed E-state index contributed by atoms with van der Waals surface area (Å²) in [5.74, 6) is -0.887. The highest BCUT2D eigenvalue weighted by Gasteiger charge is 2.31. The first-order chi connectivity index (χ1) is 8.11. The zero-order chi connectivity index (χ0) is 12.4. The van der Waals surface area contributed by atoms with Gasteiger partial charge in [0.1, 0.15) is 5.75 Å². The van der Waals surface area contributed by atoms with Crippen molar-refractivity contribution in [3.05, 3.63) is 29.3 Å². The quantitative estimate of drug-likeness (QED) is 0.745. The molecule has 1 aliphatic rings. The van der Waals surface area contributed by atoms with Crippen molar-refractivity contribution in [2.24, 2.45) is 5.92 Å². The van der Waals surface area contributed by atoms with E-state index >= 15 is 0 Å². The van der Waals surface area contributed by atoms with Gasteiger partial charge >= 0.3 is 5.97 Å². The number of benzene rings is 1. The number of rotatable bonds is 3. The number of hydrogen-bond donors (Lipinski definition) is 3. The van der Waals surface area contributed by atoms with Gasteiger partial charge < -0.3 is 15.5 Å². The molecule has 1 saturated heterocycles. The van der Waals surface area contributed by atoms with Gasteiger partial charge in [0.15, 0.2) is 0 Å². The number of carbonyl (C=O) groups is 1. The smallest absolute Gasteiger partial charge is 0.307 e. The number of nitrogens with one attached hydrogen (secondary N) is 1. The van der Waals surface area contributed by atoms with Crippen molar-refractivity contribution >= 4 is 5.97 Å². The monoisotopic (exact) mass is 235 g/mol. The Kier molecular flexibility index (Phi) is 3.33. The van der Waals surface area contributed by atoms with Crippen molar-refractivity contribution in [1.82, 2.24) is 5.32 Å². The first-order valence-electron chi connectivity index (χ1n) is 5.89. The van der Waals surface area contributed by atoms with E-state index in [1.54, 1.807) is 6.07 Å². The summed E-state index contributed by atoms with van der Waals surface area (Å²) in [6, 6.07) is 5.48. The van der Waals surface area contributed by atoms with E-state index < -0.39 is 5.97 Å². The molecule has 1 aromatic carbocycles. The molecule has 1 fully saturated rings. The molecule has 4 heteroatoms. The molecule has 0 spiro atoms. The third kappa shape index (κ3) is 2.42. The molecule has 0 saturated carbocycles. The molecule has 1 aliphatic heterocycles. The van der Waals surface area contributed by atoms with Gasteiger partial charge in [0, 0.05) is 18.2 Å². The van der Waals surface area contributed by atoms with Crippen LogP contribution in [0.15, 0.2) is 18.2 Å². The third-order valence-corrected chi connectivity index (χ3v) is 3.36. The third-order valence-electron chi connectivity index (χ3n) is 3.36. The molecule has 0 aromatic heterocycles. The van der Waals surface area contributed by atoms with Crippen LogP contribution < -0.4 is 5.32 Å². The van der Waals surface area contributed by atoms with Crippen molar-refractivity contribution in [1.29, 1.82) is 0 Å². The van der Waals surface area contributed by atoms with E-state index in [-0.39, 0.29) is 17.7 Å². The summed E-state index contributed by atoms with van der Waals surface area (Å²) in [6.45, 7) is 2.52. The molecule has 2 unspecified atom stereocenters. The lowest BCUT2D eigenvalue weighted by Crippen LogP contribution is -2.17. The van der Waals surface area contributed by atoms with Crippen molar-refractivity contribution in [2.45, 2.75) is 25.8 Å². The van der Waals surface area contributed by atoms with E-state index in [2.05, 4.69) is 12.2 Å². The molecule has 1 heterocycles. The predicted octanol–water partition coefficient (Wildman–Crippen LogP) is 1.69. The standard InChI is InChI=1S/C13H17NO3/c1-2-8-3-4-12(15)10(5-8)11-6-9(7-14-11)13(16)17/h3-5,9,11,14-15H,2,6-7H2,1H3,(H,16,17). The molecule has 0 radical (unpaired) electrons. The van der Waals surface area contributed by atoms with Gasteiger partial charge in [-0.25, -0.2) is 0 Å². The lowest BCUT2D eigenvalue weighted by molar-refractivity contribution is -0.141. The summed E-state index contributed by atoms with van der Waals surface area (Å²) in [5, 5.41) is 21.9. The van der Waals surface area contributed by atoms with E-state index in [1.807, 2.05) is 12.1 Å². The fraction of sp³-hybridized carbons (Fsp3) is 0.462. The van der Waals surface area contributed by atoms with Crippen LogP contribution in [0.5, 0.6) is 5.75 Å². The van der Waals surface area contributed by atoms with Gasteiger partial charge in [-0.1, -0.05) is 19.1 Å².